The second-order valence-electron chi connectivity index (χ2n) is 12.4. The summed E-state index contributed by atoms with van der Waals surface area (Å²) in [6, 6.07) is 3.87. The minimum atomic E-state index is -0.746. The molecule has 1 unspecified atom stereocenters. The second-order valence-corrected chi connectivity index (χ2v) is 13.8. The number of terminal acetylenes is 1. The Morgan fingerprint density at radius 1 is 1.15 bits per heavy atom. The molecule has 0 saturated carbocycles. The summed E-state index contributed by atoms with van der Waals surface area (Å²) in [5, 5.41) is 0.439. The molecular formula is C32H30ClF2N7O3S. The number of carbonyl (C=O) groups excluding carboxylic acids is 1. The van der Waals surface area contributed by atoms with Crippen LogP contribution in [0.4, 0.5) is 18.7 Å². The highest BCUT2D eigenvalue weighted by atomic mass is 35.5. The zero-order valence-electron chi connectivity index (χ0n) is 24.8. The van der Waals surface area contributed by atoms with Crippen molar-refractivity contribution in [1.29, 1.82) is 0 Å². The molecule has 2 amide bonds. The van der Waals surface area contributed by atoms with Gasteiger partial charge in [0.2, 0.25) is 5.88 Å². The highest BCUT2D eigenvalue weighted by molar-refractivity contribution is 7.22. The number of thiazole rings is 1. The number of ether oxygens (including phenoxy) is 2. The van der Waals surface area contributed by atoms with E-state index in [1.165, 1.54) is 18.2 Å². The van der Waals surface area contributed by atoms with Gasteiger partial charge in [-0.15, -0.1) is 6.42 Å². The number of carbonyl (C=O) groups is 1. The molecule has 4 aliphatic heterocycles. The van der Waals surface area contributed by atoms with Crippen molar-refractivity contribution >= 4 is 55.2 Å². The number of nitrogens with two attached hydrogens (primary N) is 1. The highest BCUT2D eigenvalue weighted by Gasteiger charge is 2.45. The van der Waals surface area contributed by atoms with Gasteiger partial charge in [-0.05, 0) is 63.4 Å². The van der Waals surface area contributed by atoms with Gasteiger partial charge in [0.1, 0.15) is 24.0 Å². The van der Waals surface area contributed by atoms with Crippen molar-refractivity contribution in [3.63, 3.8) is 0 Å². The van der Waals surface area contributed by atoms with Crippen molar-refractivity contribution in [2.45, 2.75) is 49.8 Å². The summed E-state index contributed by atoms with van der Waals surface area (Å²) in [5.74, 6) is 1.48. The second kappa shape index (κ2) is 11.1. The first kappa shape index (κ1) is 29.4. The molecule has 0 spiro atoms. The maximum Gasteiger partial charge on any atom is 0.321 e. The quantitative estimate of drug-likeness (QED) is 0.276. The monoisotopic (exact) mass is 665 g/mol. The first-order valence-electron chi connectivity index (χ1n) is 15.4. The molecule has 4 aromatic rings. The van der Waals surface area contributed by atoms with Crippen molar-refractivity contribution in [3.05, 3.63) is 34.9 Å². The van der Waals surface area contributed by atoms with E-state index in [1.807, 2.05) is 0 Å². The summed E-state index contributed by atoms with van der Waals surface area (Å²) in [7, 11) is 0. The van der Waals surface area contributed by atoms with Crippen molar-refractivity contribution < 1.29 is 23.0 Å². The van der Waals surface area contributed by atoms with Gasteiger partial charge in [-0.3, -0.25) is 4.90 Å². The molecule has 2 aromatic heterocycles. The Hall–Kier alpha value is -3.99. The number of urea groups is 1. The Kier molecular flexibility index (Phi) is 7.08. The summed E-state index contributed by atoms with van der Waals surface area (Å²) in [5.41, 5.74) is 6.25. The van der Waals surface area contributed by atoms with Gasteiger partial charge in [0.15, 0.2) is 10.9 Å². The third kappa shape index (κ3) is 4.68. The third-order valence-electron chi connectivity index (χ3n) is 9.74. The number of aromatic nitrogens is 3. The van der Waals surface area contributed by atoms with Crippen LogP contribution in [0.15, 0.2) is 18.2 Å². The van der Waals surface area contributed by atoms with E-state index in [0.717, 1.165) is 56.5 Å². The number of rotatable bonds is 6. The average molecular weight is 666 g/mol. The molecule has 4 fully saturated rings. The van der Waals surface area contributed by atoms with Gasteiger partial charge in [0.25, 0.3) is 0 Å². The smallest absolute Gasteiger partial charge is 0.321 e. The number of likely N-dealkylation sites (tertiary alicyclic amines) is 2. The number of fused-ring (bicyclic) bond motifs is 3. The molecule has 1 atom stereocenters. The molecule has 46 heavy (non-hydrogen) atoms. The fourth-order valence-corrected chi connectivity index (χ4v) is 8.26. The predicted molar refractivity (Wildman–Crippen MR) is 171 cm³/mol. The van der Waals surface area contributed by atoms with E-state index in [1.54, 1.807) is 9.80 Å². The third-order valence-corrected chi connectivity index (χ3v) is 10.9. The van der Waals surface area contributed by atoms with Crippen molar-refractivity contribution in [3.8, 4) is 35.4 Å². The molecule has 0 aliphatic carbocycles. The van der Waals surface area contributed by atoms with Crippen LogP contribution in [0.25, 0.3) is 32.2 Å². The maximum atomic E-state index is 16.7. The molecule has 4 saturated heterocycles. The van der Waals surface area contributed by atoms with Crippen LogP contribution >= 0.6 is 22.9 Å². The predicted octanol–water partition coefficient (Wildman–Crippen LogP) is 5.32. The number of nitrogen functional groups attached to an aromatic ring is 1. The minimum absolute atomic E-state index is 0.00875. The number of amides is 2. The van der Waals surface area contributed by atoms with Gasteiger partial charge < -0.3 is 25.0 Å². The van der Waals surface area contributed by atoms with E-state index in [2.05, 4.69) is 25.8 Å². The number of halogens is 3. The molecule has 0 radical (unpaired) electrons. The standard InChI is InChI=1S/C32H30ClF2N7O3S/c1-2-17-7-12-42(17)31(43)40-14-18(15-40)45-28-20-13-21(33)23(19-5-6-22(34)27-26(19)37-29(36)46-27)24(35)25(20)38-30(39-28)44-16-32-8-3-10-41(32)11-4-9-32/h1,5-6,13,17-18H,3-4,7-12,14-16H2,(H2,36,37). The summed E-state index contributed by atoms with van der Waals surface area (Å²) in [6.07, 6.45) is 10.1. The van der Waals surface area contributed by atoms with Gasteiger partial charge in [-0.2, -0.15) is 9.97 Å². The molecule has 6 heterocycles. The molecule has 14 heteroatoms. The minimum Gasteiger partial charge on any atom is -0.470 e. The number of anilines is 1. The van der Waals surface area contributed by atoms with Crippen LogP contribution in [0.1, 0.15) is 32.1 Å². The lowest BCUT2D eigenvalue weighted by atomic mass is 9.95. The van der Waals surface area contributed by atoms with Crippen LogP contribution in [0.3, 0.4) is 0 Å². The number of hydrogen-bond donors (Lipinski definition) is 1. The van der Waals surface area contributed by atoms with Crippen LogP contribution in [0, 0.1) is 24.0 Å². The van der Waals surface area contributed by atoms with Crippen molar-refractivity contribution in [2.75, 3.05) is 45.1 Å². The topological polar surface area (TPSA) is 110 Å². The lowest BCUT2D eigenvalue weighted by Crippen LogP contribution is -2.63. The number of hydrogen-bond acceptors (Lipinski definition) is 9. The van der Waals surface area contributed by atoms with Gasteiger partial charge >= 0.3 is 12.0 Å². The van der Waals surface area contributed by atoms with Gasteiger partial charge in [0, 0.05) is 17.7 Å². The van der Waals surface area contributed by atoms with Crippen LogP contribution in [-0.2, 0) is 0 Å². The van der Waals surface area contributed by atoms with Gasteiger partial charge in [0.05, 0.1) is 45.3 Å². The highest BCUT2D eigenvalue weighted by Crippen LogP contribution is 2.43. The van der Waals surface area contributed by atoms with Crippen LogP contribution in [0.5, 0.6) is 11.9 Å². The van der Waals surface area contributed by atoms with E-state index in [9.17, 15) is 9.18 Å². The lowest BCUT2D eigenvalue weighted by Gasteiger charge is -2.46. The molecular weight excluding hydrogens is 636 g/mol. The first-order valence-corrected chi connectivity index (χ1v) is 16.5. The summed E-state index contributed by atoms with van der Waals surface area (Å²) in [4.78, 5) is 32.0. The Morgan fingerprint density at radius 2 is 1.93 bits per heavy atom. The maximum absolute atomic E-state index is 16.7. The fourth-order valence-electron chi connectivity index (χ4n) is 7.20. The summed E-state index contributed by atoms with van der Waals surface area (Å²) >= 11 is 7.71. The zero-order valence-corrected chi connectivity index (χ0v) is 26.3. The summed E-state index contributed by atoms with van der Waals surface area (Å²) < 4.78 is 44.0. The van der Waals surface area contributed by atoms with E-state index in [4.69, 9.17) is 33.2 Å². The molecule has 10 nitrogen and oxygen atoms in total. The first-order chi connectivity index (χ1) is 22.2. The Balaban J connectivity index is 1.15. The number of nitrogens with zero attached hydrogens (tertiary/aromatic N) is 6. The summed E-state index contributed by atoms with van der Waals surface area (Å²) in [6.45, 7) is 3.68. The lowest BCUT2D eigenvalue weighted by molar-refractivity contribution is 0.0162. The Morgan fingerprint density at radius 3 is 2.65 bits per heavy atom. The Labute approximate surface area is 272 Å². The van der Waals surface area contributed by atoms with Crippen molar-refractivity contribution in [1.82, 2.24) is 29.7 Å². The molecule has 2 aromatic carbocycles. The molecule has 238 valence electrons. The largest absolute Gasteiger partial charge is 0.470 e. The SMILES string of the molecule is C#CC1CCN1C(=O)N1CC(Oc2nc(OCC34CCCN3CCC4)nc3c(F)c(-c4ccc(F)c5sc(N)nc45)c(Cl)cc23)C1. The fraction of sp³-hybridized carbons (Fsp3) is 0.438. The molecule has 2 N–H and O–H groups in total. The zero-order chi connectivity index (χ0) is 31.7. The Bertz CT molecular complexity index is 1930. The normalized spacial score (nSPS) is 20.9. The van der Waals surface area contributed by atoms with E-state index >= 15 is 4.39 Å². The molecule has 4 aliphatic rings. The van der Waals surface area contributed by atoms with E-state index in [-0.39, 0.29) is 71.9 Å². The van der Waals surface area contributed by atoms with Crippen LogP contribution in [0.2, 0.25) is 5.02 Å². The van der Waals surface area contributed by atoms with E-state index in [0.29, 0.717) is 26.2 Å². The van der Waals surface area contributed by atoms with E-state index < -0.39 is 17.7 Å². The molecule has 0 bridgehead atoms. The van der Waals surface area contributed by atoms with Crippen molar-refractivity contribution in [2.24, 2.45) is 0 Å². The molecule has 8 rings (SSSR count). The van der Waals surface area contributed by atoms with Crippen LogP contribution < -0.4 is 15.2 Å². The van der Waals surface area contributed by atoms with Gasteiger partial charge in [-0.1, -0.05) is 28.9 Å². The van der Waals surface area contributed by atoms with Gasteiger partial charge in [-0.25, -0.2) is 18.6 Å². The van der Waals surface area contributed by atoms with Crippen LogP contribution in [-0.4, -0.2) is 92.7 Å². The number of benzene rings is 2. The average Bonchev–Trinajstić information content (AvgIpc) is 3.69.